The van der Waals surface area contributed by atoms with Crippen molar-refractivity contribution in [1.29, 1.82) is 0 Å². The van der Waals surface area contributed by atoms with Crippen LogP contribution in [0.2, 0.25) is 0 Å². The van der Waals surface area contributed by atoms with Crippen molar-refractivity contribution in [3.05, 3.63) is 53.1 Å². The van der Waals surface area contributed by atoms with Crippen molar-refractivity contribution in [2.24, 2.45) is 0 Å². The minimum atomic E-state index is -1.01. The number of methoxy groups -OCH3 is 1. The van der Waals surface area contributed by atoms with E-state index in [1.807, 2.05) is 25.1 Å². The van der Waals surface area contributed by atoms with Crippen LogP contribution >= 0.6 is 0 Å². The lowest BCUT2D eigenvalue weighted by Crippen LogP contribution is -2.10. The lowest BCUT2D eigenvalue weighted by Gasteiger charge is -2.12. The quantitative estimate of drug-likeness (QED) is 0.792. The highest BCUT2D eigenvalue weighted by atomic mass is 16.5. The van der Waals surface area contributed by atoms with Crippen LogP contribution in [0.5, 0.6) is 17.2 Å². The summed E-state index contributed by atoms with van der Waals surface area (Å²) in [4.78, 5) is 10.9. The highest BCUT2D eigenvalue weighted by Gasteiger charge is 2.10. The third-order valence-corrected chi connectivity index (χ3v) is 3.50. The second-order valence-electron chi connectivity index (χ2n) is 5.11. The molecule has 0 aromatic heterocycles. The van der Waals surface area contributed by atoms with E-state index in [9.17, 15) is 4.79 Å². The molecule has 0 spiro atoms. The zero-order chi connectivity index (χ0) is 16.8. The second-order valence-corrected chi connectivity index (χ2v) is 5.11. The summed E-state index contributed by atoms with van der Waals surface area (Å²) < 4.78 is 16.4. The van der Waals surface area contributed by atoms with E-state index in [4.69, 9.17) is 19.3 Å². The van der Waals surface area contributed by atoms with Gasteiger partial charge in [-0.1, -0.05) is 6.07 Å². The number of carboxylic acid groups (broad SMARTS) is 1. The molecule has 2 aromatic carbocycles. The van der Waals surface area contributed by atoms with Crippen molar-refractivity contribution in [2.75, 3.05) is 20.3 Å². The van der Waals surface area contributed by atoms with Gasteiger partial charge in [0.1, 0.15) is 19.0 Å². The summed E-state index contributed by atoms with van der Waals surface area (Å²) in [6.45, 7) is 4.80. The predicted octanol–water partition coefficient (Wildman–Crippen LogP) is 3.47. The predicted molar refractivity (Wildman–Crippen MR) is 86.9 cm³/mol. The molecule has 0 aliphatic carbocycles. The molecule has 122 valence electrons. The molecule has 0 fully saturated rings. The monoisotopic (exact) mass is 316 g/mol. The van der Waals surface area contributed by atoms with Crippen LogP contribution in [-0.4, -0.2) is 31.4 Å². The van der Waals surface area contributed by atoms with Gasteiger partial charge in [0.05, 0.1) is 12.7 Å². The highest BCUT2D eigenvalue weighted by Crippen LogP contribution is 2.28. The molecule has 0 atom stereocenters. The lowest BCUT2D eigenvalue weighted by atomic mass is 10.1. The molecule has 0 aliphatic heterocycles. The topological polar surface area (TPSA) is 65.0 Å². The largest absolute Gasteiger partial charge is 0.493 e. The zero-order valence-corrected chi connectivity index (χ0v) is 13.5. The van der Waals surface area contributed by atoms with Gasteiger partial charge >= 0.3 is 5.97 Å². The van der Waals surface area contributed by atoms with E-state index >= 15 is 0 Å². The number of aromatic carboxylic acids is 1. The van der Waals surface area contributed by atoms with Crippen LogP contribution in [0.15, 0.2) is 36.4 Å². The number of hydrogen-bond donors (Lipinski definition) is 1. The molecule has 5 nitrogen and oxygen atoms in total. The SMILES string of the molecule is COc1cc(C(=O)O)ccc1OCCOc1ccc(C)c(C)c1. The van der Waals surface area contributed by atoms with E-state index in [-0.39, 0.29) is 5.56 Å². The molecule has 0 radical (unpaired) electrons. The molecule has 0 aliphatic rings. The molecule has 0 saturated heterocycles. The number of rotatable bonds is 7. The first kappa shape index (κ1) is 16.7. The molecular formula is C18H20O5. The Labute approximate surface area is 135 Å². The minimum Gasteiger partial charge on any atom is -0.493 e. The molecule has 0 amide bonds. The number of carboxylic acids is 1. The van der Waals surface area contributed by atoms with Gasteiger partial charge in [-0.3, -0.25) is 0 Å². The third-order valence-electron chi connectivity index (χ3n) is 3.50. The van der Waals surface area contributed by atoms with E-state index in [0.29, 0.717) is 24.7 Å². The van der Waals surface area contributed by atoms with Crippen molar-refractivity contribution in [1.82, 2.24) is 0 Å². The summed E-state index contributed by atoms with van der Waals surface area (Å²) in [5.74, 6) is 0.662. The Hall–Kier alpha value is -2.69. The van der Waals surface area contributed by atoms with Gasteiger partial charge in [-0.15, -0.1) is 0 Å². The number of carbonyl (C=O) groups is 1. The number of hydrogen-bond acceptors (Lipinski definition) is 4. The fourth-order valence-corrected chi connectivity index (χ4v) is 2.03. The maximum absolute atomic E-state index is 10.9. The average molecular weight is 316 g/mol. The maximum atomic E-state index is 10.9. The molecule has 2 rings (SSSR count). The number of ether oxygens (including phenoxy) is 3. The molecule has 2 aromatic rings. The Morgan fingerprint density at radius 1 is 0.957 bits per heavy atom. The molecule has 5 heteroatoms. The summed E-state index contributed by atoms with van der Waals surface area (Å²) in [5.41, 5.74) is 2.55. The van der Waals surface area contributed by atoms with Crippen molar-refractivity contribution >= 4 is 5.97 Å². The number of benzene rings is 2. The fraction of sp³-hybridized carbons (Fsp3) is 0.278. The summed E-state index contributed by atoms with van der Waals surface area (Å²) >= 11 is 0. The first-order valence-corrected chi connectivity index (χ1v) is 7.25. The molecular weight excluding hydrogens is 296 g/mol. The Balaban J connectivity index is 1.90. The average Bonchev–Trinajstić information content (AvgIpc) is 2.54. The third kappa shape index (κ3) is 4.39. The molecule has 23 heavy (non-hydrogen) atoms. The van der Waals surface area contributed by atoms with Crippen LogP contribution < -0.4 is 14.2 Å². The van der Waals surface area contributed by atoms with E-state index in [1.54, 1.807) is 6.07 Å². The van der Waals surface area contributed by atoms with Gasteiger partial charge in [0, 0.05) is 0 Å². The molecule has 0 heterocycles. The molecule has 0 unspecified atom stereocenters. The van der Waals surface area contributed by atoms with E-state index in [0.717, 1.165) is 5.75 Å². The van der Waals surface area contributed by atoms with Crippen molar-refractivity contribution < 1.29 is 24.1 Å². The smallest absolute Gasteiger partial charge is 0.335 e. The molecule has 0 bridgehead atoms. The van der Waals surface area contributed by atoms with Crippen LogP contribution in [0.3, 0.4) is 0 Å². The van der Waals surface area contributed by atoms with Crippen LogP contribution in [0.1, 0.15) is 21.5 Å². The Morgan fingerprint density at radius 2 is 1.70 bits per heavy atom. The Morgan fingerprint density at radius 3 is 2.35 bits per heavy atom. The van der Waals surface area contributed by atoms with Gasteiger partial charge in [0.25, 0.3) is 0 Å². The van der Waals surface area contributed by atoms with Gasteiger partial charge < -0.3 is 19.3 Å². The number of aryl methyl sites for hydroxylation is 2. The summed E-state index contributed by atoms with van der Waals surface area (Å²) in [5, 5.41) is 8.96. The van der Waals surface area contributed by atoms with Crippen molar-refractivity contribution in [2.45, 2.75) is 13.8 Å². The van der Waals surface area contributed by atoms with Gasteiger partial charge in [0.2, 0.25) is 0 Å². The molecule has 1 N–H and O–H groups in total. The standard InChI is InChI=1S/C18H20O5/c1-12-4-6-15(10-13(12)2)22-8-9-23-16-7-5-14(18(19)20)11-17(16)21-3/h4-7,10-11H,8-9H2,1-3H3,(H,19,20). The van der Waals surface area contributed by atoms with Gasteiger partial charge in [-0.05, 0) is 55.3 Å². The zero-order valence-electron chi connectivity index (χ0n) is 13.5. The van der Waals surface area contributed by atoms with Crippen molar-refractivity contribution in [3.8, 4) is 17.2 Å². The summed E-state index contributed by atoms with van der Waals surface area (Å²) in [6.07, 6.45) is 0. The van der Waals surface area contributed by atoms with Gasteiger partial charge in [0.15, 0.2) is 11.5 Å². The Bertz CT molecular complexity index is 694. The van der Waals surface area contributed by atoms with Crippen LogP contribution in [-0.2, 0) is 0 Å². The Kier molecular flexibility index (Phi) is 5.46. The second kappa shape index (κ2) is 7.54. The van der Waals surface area contributed by atoms with Crippen LogP contribution in [0.4, 0.5) is 0 Å². The van der Waals surface area contributed by atoms with E-state index in [1.165, 1.54) is 30.4 Å². The highest BCUT2D eigenvalue weighted by molar-refractivity contribution is 5.88. The first-order chi connectivity index (χ1) is 11.0. The first-order valence-electron chi connectivity index (χ1n) is 7.25. The van der Waals surface area contributed by atoms with Gasteiger partial charge in [-0.2, -0.15) is 0 Å². The van der Waals surface area contributed by atoms with Crippen LogP contribution in [0, 0.1) is 13.8 Å². The summed E-state index contributed by atoms with van der Waals surface area (Å²) in [6, 6.07) is 10.4. The van der Waals surface area contributed by atoms with Crippen molar-refractivity contribution in [3.63, 3.8) is 0 Å². The maximum Gasteiger partial charge on any atom is 0.335 e. The van der Waals surface area contributed by atoms with Crippen LogP contribution in [0.25, 0.3) is 0 Å². The minimum absolute atomic E-state index is 0.153. The van der Waals surface area contributed by atoms with Gasteiger partial charge in [-0.25, -0.2) is 4.79 Å². The fourth-order valence-electron chi connectivity index (χ4n) is 2.03. The van der Waals surface area contributed by atoms with E-state index < -0.39 is 5.97 Å². The summed E-state index contributed by atoms with van der Waals surface area (Å²) in [7, 11) is 1.47. The lowest BCUT2D eigenvalue weighted by molar-refractivity contribution is 0.0696. The van der Waals surface area contributed by atoms with E-state index in [2.05, 4.69) is 6.92 Å². The molecule has 0 saturated carbocycles. The normalized spacial score (nSPS) is 10.2.